The Labute approximate surface area is 317 Å². The zero-order chi connectivity index (χ0) is 35.4. The number of ether oxygens (including phenoxy) is 2. The van der Waals surface area contributed by atoms with E-state index in [1.165, 1.54) is 23.1 Å². The average Bonchev–Trinajstić information content (AvgIpc) is 3.38. The fourth-order valence-corrected chi connectivity index (χ4v) is 6.11. The fraction of sp³-hybridized carbons (Fsp3) is 0.229. The molecule has 2 bridgehead atoms. The van der Waals surface area contributed by atoms with Gasteiger partial charge in [-0.2, -0.15) is 18.2 Å². The Balaban J connectivity index is 0.00000302. The van der Waals surface area contributed by atoms with Gasteiger partial charge in [-0.05, 0) is 41.3 Å². The number of hydrogen-bond donors (Lipinski definition) is 2. The monoisotopic (exact) mass is 726 g/mol. The van der Waals surface area contributed by atoms with Crippen molar-refractivity contribution in [2.75, 3.05) is 13.7 Å². The van der Waals surface area contributed by atoms with Crippen LogP contribution in [0.15, 0.2) is 114 Å². The SMILES string of the molecule is COc1ccc(COc2cn(OC(c3ccccc3)c3ccccc3)c(CNC(=O)[C@@H]3C=C(C)[C@@H]4CN3C(=O)N4OS(=O)(=O)O)cc2=O)cc1.[H+].[Na+]. The summed E-state index contributed by atoms with van der Waals surface area (Å²) in [5.74, 6) is 0.0842. The van der Waals surface area contributed by atoms with Gasteiger partial charge in [0.15, 0.2) is 11.9 Å². The number of amides is 3. The van der Waals surface area contributed by atoms with Gasteiger partial charge in [-0.1, -0.05) is 78.9 Å². The molecule has 2 aliphatic rings. The van der Waals surface area contributed by atoms with Crippen LogP contribution in [0.2, 0.25) is 0 Å². The molecule has 1 aromatic heterocycles. The summed E-state index contributed by atoms with van der Waals surface area (Å²) in [5.41, 5.74) is 2.76. The van der Waals surface area contributed by atoms with Crippen LogP contribution in [0.1, 0.15) is 36.8 Å². The number of nitrogens with zero attached hydrogens (tertiary/aromatic N) is 3. The Bertz CT molecular complexity index is 2030. The Morgan fingerprint density at radius 2 is 1.63 bits per heavy atom. The Morgan fingerprint density at radius 1 is 1.00 bits per heavy atom. The van der Waals surface area contributed by atoms with E-state index in [1.807, 2.05) is 72.8 Å². The van der Waals surface area contributed by atoms with E-state index in [0.717, 1.165) is 21.6 Å². The molecule has 3 amide bonds. The molecule has 0 saturated carbocycles. The summed E-state index contributed by atoms with van der Waals surface area (Å²) in [7, 11) is -3.41. The van der Waals surface area contributed by atoms with Crippen molar-refractivity contribution < 1.29 is 72.1 Å². The standard InChI is InChI=1S/C35H34N4O10S.Na/c1-23-17-29(37-20-30(23)39(35(37)42)49-50(43,44)45)34(41)36-19-27-18-31(40)32(47-22-24-13-15-28(46-2)16-14-24)21-38(27)48-33(25-9-5-3-6-10-25)26-11-7-4-8-12-26;/h3-18,21,29-30,33H,19-20,22H2,1-2H3,(H,36,41)(H,43,44,45);/q;+1/p+1/t29-,30-;/m0./s1. The molecule has 1 saturated heterocycles. The van der Waals surface area contributed by atoms with Gasteiger partial charge in [0, 0.05) is 6.07 Å². The molecular formula is C35H35N4NaO10S+2. The molecule has 3 heterocycles. The van der Waals surface area contributed by atoms with Gasteiger partial charge in [0.1, 0.15) is 24.4 Å². The number of carbonyl (C=O) groups is 2. The van der Waals surface area contributed by atoms with E-state index >= 15 is 0 Å². The molecular weight excluding hydrogens is 691 g/mol. The molecule has 2 N–H and O–H groups in total. The van der Waals surface area contributed by atoms with E-state index in [4.69, 9.17) is 18.9 Å². The summed E-state index contributed by atoms with van der Waals surface area (Å²) < 4.78 is 48.9. The smallest absolute Gasteiger partial charge is 0.497 e. The second-order valence-corrected chi connectivity index (χ2v) is 12.6. The van der Waals surface area contributed by atoms with Crippen molar-refractivity contribution in [2.45, 2.75) is 38.3 Å². The molecule has 0 aliphatic carbocycles. The van der Waals surface area contributed by atoms with Crippen molar-refractivity contribution in [2.24, 2.45) is 0 Å². The normalized spacial score (nSPS) is 16.7. The van der Waals surface area contributed by atoms with Crippen LogP contribution in [0.25, 0.3) is 0 Å². The number of fused-ring (bicyclic) bond motifs is 2. The summed E-state index contributed by atoms with van der Waals surface area (Å²) in [6.07, 6.45) is 2.31. The minimum absolute atomic E-state index is 0. The van der Waals surface area contributed by atoms with Crippen molar-refractivity contribution in [3.63, 3.8) is 0 Å². The van der Waals surface area contributed by atoms with Gasteiger partial charge in [0.25, 0.3) is 0 Å². The van der Waals surface area contributed by atoms with E-state index in [2.05, 4.69) is 9.60 Å². The molecule has 2 atom stereocenters. The van der Waals surface area contributed by atoms with Crippen LogP contribution in [0.4, 0.5) is 4.79 Å². The van der Waals surface area contributed by atoms with Crippen molar-refractivity contribution in [1.29, 1.82) is 0 Å². The van der Waals surface area contributed by atoms with Crippen LogP contribution in [0.5, 0.6) is 11.5 Å². The van der Waals surface area contributed by atoms with Crippen molar-refractivity contribution in [1.82, 2.24) is 20.0 Å². The largest absolute Gasteiger partial charge is 1.00 e. The van der Waals surface area contributed by atoms with Crippen LogP contribution < -0.4 is 54.6 Å². The average molecular weight is 727 g/mol. The number of nitrogens with one attached hydrogen (secondary N) is 1. The zero-order valence-electron chi connectivity index (χ0n) is 29.0. The first-order valence-electron chi connectivity index (χ1n) is 15.5. The second kappa shape index (κ2) is 16.1. The number of hydroxylamine groups is 2. The minimum atomic E-state index is -4.98. The van der Waals surface area contributed by atoms with Crippen molar-refractivity contribution in [3.8, 4) is 11.5 Å². The number of carbonyl (C=O) groups excluding carboxylic acids is 2. The fourth-order valence-electron chi connectivity index (χ4n) is 5.74. The molecule has 51 heavy (non-hydrogen) atoms. The minimum Gasteiger partial charge on any atom is -0.497 e. The third-order valence-electron chi connectivity index (χ3n) is 8.29. The summed E-state index contributed by atoms with van der Waals surface area (Å²) in [6.45, 7) is 1.47. The molecule has 1 fully saturated rings. The van der Waals surface area contributed by atoms with Gasteiger partial charge >= 0.3 is 47.4 Å². The van der Waals surface area contributed by atoms with Crippen LogP contribution in [0, 0.1) is 0 Å². The van der Waals surface area contributed by atoms with Crippen LogP contribution >= 0.6 is 0 Å². The quantitative estimate of drug-likeness (QED) is 0.113. The van der Waals surface area contributed by atoms with Gasteiger partial charge < -0.3 is 24.5 Å². The number of urea groups is 1. The van der Waals surface area contributed by atoms with E-state index in [-0.39, 0.29) is 62.1 Å². The van der Waals surface area contributed by atoms with Gasteiger partial charge in [0.05, 0.1) is 32.1 Å². The van der Waals surface area contributed by atoms with Crippen LogP contribution in [-0.2, 0) is 32.6 Å². The second-order valence-electron chi connectivity index (χ2n) is 11.6. The number of benzene rings is 3. The van der Waals surface area contributed by atoms with Crippen LogP contribution in [-0.4, -0.2) is 65.3 Å². The first-order valence-corrected chi connectivity index (χ1v) is 16.9. The Hall–Kier alpha value is -4.64. The van der Waals surface area contributed by atoms with Gasteiger partial charge in [-0.25, -0.2) is 4.79 Å². The molecule has 4 aromatic rings. The van der Waals surface area contributed by atoms with E-state index in [0.29, 0.717) is 16.4 Å². The molecule has 0 unspecified atom stereocenters. The number of methoxy groups -OCH3 is 1. The summed E-state index contributed by atoms with van der Waals surface area (Å²) >= 11 is 0. The summed E-state index contributed by atoms with van der Waals surface area (Å²) in [6, 6.07) is 24.6. The number of aromatic nitrogens is 1. The molecule has 16 heteroatoms. The maximum absolute atomic E-state index is 13.5. The maximum Gasteiger partial charge on any atom is 1.00 e. The number of rotatable bonds is 13. The van der Waals surface area contributed by atoms with E-state index < -0.39 is 46.0 Å². The summed E-state index contributed by atoms with van der Waals surface area (Å²) in [4.78, 5) is 47.6. The molecule has 0 spiro atoms. The molecule has 0 radical (unpaired) electrons. The topological polar surface area (TPSA) is 166 Å². The molecule has 6 rings (SSSR count). The molecule has 2 aliphatic heterocycles. The van der Waals surface area contributed by atoms with Gasteiger partial charge in [-0.3, -0.25) is 14.1 Å². The molecule has 14 nitrogen and oxygen atoms in total. The van der Waals surface area contributed by atoms with Crippen LogP contribution in [0.3, 0.4) is 0 Å². The Kier molecular flexibility index (Phi) is 11.9. The van der Waals surface area contributed by atoms with Crippen molar-refractivity contribution in [3.05, 3.63) is 141 Å². The molecule has 260 valence electrons. The van der Waals surface area contributed by atoms with Gasteiger partial charge in [-0.15, -0.1) is 4.28 Å². The zero-order valence-corrected chi connectivity index (χ0v) is 30.9. The van der Waals surface area contributed by atoms with Crippen molar-refractivity contribution >= 4 is 22.3 Å². The maximum atomic E-state index is 13.5. The van der Waals surface area contributed by atoms with Gasteiger partial charge in [0.2, 0.25) is 11.3 Å². The predicted molar refractivity (Wildman–Crippen MR) is 180 cm³/mol. The number of hydrogen-bond acceptors (Lipinski definition) is 9. The first kappa shape index (κ1) is 37.6. The summed E-state index contributed by atoms with van der Waals surface area (Å²) in [5, 5.41) is 3.29. The number of pyridine rings is 1. The first-order chi connectivity index (χ1) is 24.0. The Morgan fingerprint density at radius 3 is 2.22 bits per heavy atom. The third kappa shape index (κ3) is 8.81. The van der Waals surface area contributed by atoms with E-state index in [9.17, 15) is 22.8 Å². The predicted octanol–water partition coefficient (Wildman–Crippen LogP) is 0.556. The van der Waals surface area contributed by atoms with E-state index in [1.54, 1.807) is 26.2 Å². The molecule has 3 aromatic carbocycles. The third-order valence-corrected chi connectivity index (χ3v) is 8.64.